The second-order valence-electron chi connectivity index (χ2n) is 7.49. The van der Waals surface area contributed by atoms with E-state index in [0.717, 1.165) is 0 Å². The first-order valence-electron chi connectivity index (χ1n) is 9.94. The Morgan fingerprint density at radius 3 is 2.10 bits per heavy atom. The number of hydrogen-bond donors (Lipinski definition) is 0. The number of aryl methyl sites for hydroxylation is 2. The van der Waals surface area contributed by atoms with Crippen LogP contribution in [0.2, 0.25) is 0 Å². The number of benzene rings is 3. The van der Waals surface area contributed by atoms with Crippen LogP contribution in [0.4, 0.5) is 0 Å². The van der Waals surface area contributed by atoms with Crippen LogP contribution in [0.1, 0.15) is 11.1 Å². The van der Waals surface area contributed by atoms with E-state index in [9.17, 15) is 0 Å². The van der Waals surface area contributed by atoms with Gasteiger partial charge >= 0.3 is 0 Å². The molecular weight excluding hydrogens is 352 g/mol. The Bertz CT molecular complexity index is 1320. The summed E-state index contributed by atoms with van der Waals surface area (Å²) in [5.41, 5.74) is 7.41. The van der Waals surface area contributed by atoms with Gasteiger partial charge in [-0.05, 0) is 48.4 Å². The van der Waals surface area contributed by atoms with Crippen molar-refractivity contribution in [2.75, 3.05) is 0 Å². The molecule has 3 aromatic carbocycles. The molecular formula is C27H23N2+. The minimum atomic E-state index is 1.19. The highest BCUT2D eigenvalue weighted by molar-refractivity contribution is 6.09. The average Bonchev–Trinajstić information content (AvgIpc) is 3.08. The minimum absolute atomic E-state index is 1.19. The van der Waals surface area contributed by atoms with Gasteiger partial charge in [0, 0.05) is 34.7 Å². The fourth-order valence-corrected chi connectivity index (χ4v) is 4.10. The van der Waals surface area contributed by atoms with Gasteiger partial charge in [0.15, 0.2) is 6.20 Å². The maximum atomic E-state index is 2.28. The largest absolute Gasteiger partial charge is 0.316 e. The zero-order valence-electron chi connectivity index (χ0n) is 16.7. The molecule has 0 saturated carbocycles. The molecule has 29 heavy (non-hydrogen) atoms. The van der Waals surface area contributed by atoms with Gasteiger partial charge in [-0.3, -0.25) is 0 Å². The summed E-state index contributed by atoms with van der Waals surface area (Å²) in [5, 5.41) is 2.57. The molecule has 0 radical (unpaired) electrons. The zero-order valence-corrected chi connectivity index (χ0v) is 16.7. The van der Waals surface area contributed by atoms with Crippen molar-refractivity contribution in [3.63, 3.8) is 0 Å². The molecule has 0 aliphatic carbocycles. The lowest BCUT2D eigenvalue weighted by Gasteiger charge is -2.06. The monoisotopic (exact) mass is 375 g/mol. The van der Waals surface area contributed by atoms with Crippen LogP contribution in [0.3, 0.4) is 0 Å². The van der Waals surface area contributed by atoms with Crippen LogP contribution in [-0.4, -0.2) is 4.57 Å². The van der Waals surface area contributed by atoms with E-state index in [2.05, 4.69) is 127 Å². The number of fused-ring (bicyclic) bond motifs is 3. The molecule has 0 N–H and O–H groups in total. The molecule has 2 heteroatoms. The van der Waals surface area contributed by atoms with Crippen molar-refractivity contribution in [3.05, 3.63) is 102 Å². The molecule has 0 atom stereocenters. The molecule has 5 rings (SSSR count). The number of pyridine rings is 1. The van der Waals surface area contributed by atoms with Crippen LogP contribution in [-0.2, 0) is 7.05 Å². The van der Waals surface area contributed by atoms with E-state index in [1.165, 1.54) is 44.2 Å². The van der Waals surface area contributed by atoms with E-state index >= 15 is 0 Å². The van der Waals surface area contributed by atoms with Crippen LogP contribution in [0.25, 0.3) is 45.3 Å². The molecule has 0 fully saturated rings. The van der Waals surface area contributed by atoms with Gasteiger partial charge < -0.3 is 4.57 Å². The summed E-state index contributed by atoms with van der Waals surface area (Å²) in [4.78, 5) is 0. The summed E-state index contributed by atoms with van der Waals surface area (Å²) in [7, 11) is 2.09. The lowest BCUT2D eigenvalue weighted by Crippen LogP contribution is -2.30. The van der Waals surface area contributed by atoms with Crippen LogP contribution in [0, 0.1) is 6.92 Å². The van der Waals surface area contributed by atoms with Crippen molar-refractivity contribution in [3.8, 4) is 11.3 Å². The predicted octanol–water partition coefficient (Wildman–Crippen LogP) is 6.22. The van der Waals surface area contributed by atoms with E-state index in [1.807, 2.05) is 0 Å². The Morgan fingerprint density at radius 2 is 1.41 bits per heavy atom. The number of nitrogens with zero attached hydrogens (tertiary/aromatic N) is 2. The Kier molecular flexibility index (Phi) is 4.25. The van der Waals surface area contributed by atoms with Crippen LogP contribution in [0.5, 0.6) is 0 Å². The highest BCUT2D eigenvalue weighted by atomic mass is 15.0. The number of aromatic nitrogens is 2. The normalized spacial score (nSPS) is 11.7. The summed E-state index contributed by atoms with van der Waals surface area (Å²) in [5.74, 6) is 0. The molecule has 2 aromatic heterocycles. The molecule has 5 aromatic rings. The third kappa shape index (κ3) is 3.03. The van der Waals surface area contributed by atoms with Crippen LogP contribution < -0.4 is 4.57 Å². The van der Waals surface area contributed by atoms with Crippen molar-refractivity contribution >= 4 is 34.1 Å². The highest BCUT2D eigenvalue weighted by Crippen LogP contribution is 2.29. The number of para-hydroxylation sites is 2. The Balaban J connectivity index is 1.63. The lowest BCUT2D eigenvalue weighted by molar-refractivity contribution is -0.660. The van der Waals surface area contributed by atoms with Crippen LogP contribution in [0.15, 0.2) is 91.1 Å². The quantitative estimate of drug-likeness (QED) is 0.331. The van der Waals surface area contributed by atoms with E-state index in [-0.39, 0.29) is 0 Å². The van der Waals surface area contributed by atoms with Gasteiger partial charge in [0.25, 0.3) is 0 Å². The average molecular weight is 375 g/mol. The number of hydrogen-bond acceptors (Lipinski definition) is 0. The fraction of sp³-hybridized carbons (Fsp3) is 0.0741. The summed E-state index contributed by atoms with van der Waals surface area (Å²) in [6.45, 7) is 2.17. The smallest absolute Gasteiger partial charge is 0.212 e. The molecule has 2 heterocycles. The van der Waals surface area contributed by atoms with Crippen molar-refractivity contribution in [2.24, 2.45) is 7.05 Å². The Morgan fingerprint density at radius 1 is 0.759 bits per heavy atom. The molecule has 0 saturated heterocycles. The highest BCUT2D eigenvalue weighted by Gasteiger charge is 2.12. The van der Waals surface area contributed by atoms with E-state index in [0.29, 0.717) is 0 Å². The zero-order chi connectivity index (χ0) is 19.8. The third-order valence-electron chi connectivity index (χ3n) is 5.63. The van der Waals surface area contributed by atoms with Gasteiger partial charge in [0.2, 0.25) is 5.69 Å². The van der Waals surface area contributed by atoms with Gasteiger partial charge in [-0.1, -0.05) is 48.5 Å². The summed E-state index contributed by atoms with van der Waals surface area (Å²) < 4.78 is 4.45. The molecule has 140 valence electrons. The lowest BCUT2D eigenvalue weighted by atomic mass is 10.0. The number of rotatable bonds is 3. The van der Waals surface area contributed by atoms with Crippen molar-refractivity contribution < 1.29 is 4.57 Å². The van der Waals surface area contributed by atoms with Crippen molar-refractivity contribution in [1.82, 2.24) is 4.57 Å². The Hall–Kier alpha value is -3.65. The van der Waals surface area contributed by atoms with E-state index in [4.69, 9.17) is 0 Å². The topological polar surface area (TPSA) is 8.81 Å². The molecule has 2 nitrogen and oxygen atoms in total. The predicted molar refractivity (Wildman–Crippen MR) is 122 cm³/mol. The molecule has 0 unspecified atom stereocenters. The van der Waals surface area contributed by atoms with Gasteiger partial charge in [0.1, 0.15) is 7.05 Å². The Labute approximate surface area is 171 Å². The fourth-order valence-electron chi connectivity index (χ4n) is 4.10. The standard InChI is InChI=1S/C27H23N2/c1-20-14-15-21(19-24(20)25-11-7-8-17-28(25)2)16-18-29-26-12-5-3-9-22(26)23-10-4-6-13-27(23)29/h3-19H,1-2H3/q+1. The SMILES string of the molecule is Cc1ccc(C=Cn2c3ccccc3c3ccccc32)cc1-c1cccc[n+]1C. The summed E-state index contributed by atoms with van der Waals surface area (Å²) in [6.07, 6.45) is 6.48. The molecule has 0 amide bonds. The van der Waals surface area contributed by atoms with E-state index in [1.54, 1.807) is 0 Å². The first-order chi connectivity index (χ1) is 14.2. The summed E-state index contributed by atoms with van der Waals surface area (Å²) in [6, 6.07) is 30.2. The van der Waals surface area contributed by atoms with E-state index < -0.39 is 0 Å². The summed E-state index contributed by atoms with van der Waals surface area (Å²) >= 11 is 0. The first kappa shape index (κ1) is 17.4. The molecule has 0 spiro atoms. The van der Waals surface area contributed by atoms with Crippen molar-refractivity contribution in [2.45, 2.75) is 6.92 Å². The third-order valence-corrected chi connectivity index (χ3v) is 5.63. The second kappa shape index (κ2) is 7.06. The molecule has 0 bridgehead atoms. The van der Waals surface area contributed by atoms with Gasteiger partial charge in [-0.25, -0.2) is 4.57 Å². The maximum Gasteiger partial charge on any atom is 0.212 e. The maximum absolute atomic E-state index is 2.28. The van der Waals surface area contributed by atoms with Gasteiger partial charge in [-0.2, -0.15) is 0 Å². The van der Waals surface area contributed by atoms with Crippen LogP contribution >= 0.6 is 0 Å². The first-order valence-corrected chi connectivity index (χ1v) is 9.94. The van der Waals surface area contributed by atoms with Gasteiger partial charge in [-0.15, -0.1) is 0 Å². The molecule has 0 aliphatic rings. The minimum Gasteiger partial charge on any atom is -0.316 e. The van der Waals surface area contributed by atoms with Crippen molar-refractivity contribution in [1.29, 1.82) is 0 Å². The van der Waals surface area contributed by atoms with Gasteiger partial charge in [0.05, 0.1) is 11.0 Å². The second-order valence-corrected chi connectivity index (χ2v) is 7.49. The molecule has 0 aliphatic heterocycles.